The number of carbonyl (C=O) groups is 1. The van der Waals surface area contributed by atoms with E-state index in [2.05, 4.69) is 0 Å². The van der Waals surface area contributed by atoms with Gasteiger partial charge in [-0.1, -0.05) is 0 Å². The van der Waals surface area contributed by atoms with Gasteiger partial charge in [0.05, 0.1) is 10.6 Å². The van der Waals surface area contributed by atoms with Crippen LogP contribution in [0.15, 0.2) is 18.2 Å². The number of aryl methyl sites for hydroxylation is 1. The second-order valence-corrected chi connectivity index (χ2v) is 4.27. The average Bonchev–Trinajstić information content (AvgIpc) is 2.42. The number of anilines is 1. The Morgan fingerprint density at radius 1 is 1.43 bits per heavy atom. The third kappa shape index (κ3) is 1.33. The van der Waals surface area contributed by atoms with Crippen molar-refractivity contribution in [2.45, 2.75) is 6.92 Å². The fraction of sp³-hybridized carbons (Fsp3) is 0.100. The van der Waals surface area contributed by atoms with E-state index in [0.29, 0.717) is 10.6 Å². The van der Waals surface area contributed by atoms with Crippen molar-refractivity contribution >= 4 is 32.4 Å². The summed E-state index contributed by atoms with van der Waals surface area (Å²) in [4.78, 5) is 10.8. The Morgan fingerprint density at radius 3 is 2.79 bits per heavy atom. The van der Waals surface area contributed by atoms with Gasteiger partial charge in [0.1, 0.15) is 0 Å². The molecule has 0 saturated heterocycles. The molecular weight excluding hydrogens is 198 g/mol. The third-order valence-corrected chi connectivity index (χ3v) is 3.04. The molecule has 0 amide bonds. The second kappa shape index (κ2) is 2.99. The zero-order valence-corrected chi connectivity index (χ0v) is 8.39. The van der Waals surface area contributed by atoms with Crippen LogP contribution in [0.1, 0.15) is 15.9 Å². The first kappa shape index (κ1) is 9.02. The highest BCUT2D eigenvalue weighted by Crippen LogP contribution is 2.29. The summed E-state index contributed by atoms with van der Waals surface area (Å²) in [5, 5.41) is 10.6. The van der Waals surface area contributed by atoms with Gasteiger partial charge in [-0.05, 0) is 36.1 Å². The first-order valence-electron chi connectivity index (χ1n) is 4.11. The number of aromatic carboxylic acids is 1. The highest BCUT2D eigenvalue weighted by molar-refractivity contribution is 7.22. The van der Waals surface area contributed by atoms with Gasteiger partial charge in [0, 0.05) is 4.70 Å². The molecule has 1 heterocycles. The van der Waals surface area contributed by atoms with Crippen molar-refractivity contribution < 1.29 is 9.90 Å². The Morgan fingerprint density at radius 2 is 2.14 bits per heavy atom. The van der Waals surface area contributed by atoms with Crippen LogP contribution >= 0.6 is 11.3 Å². The fourth-order valence-corrected chi connectivity index (χ4v) is 2.30. The number of fused-ring (bicyclic) bond motifs is 1. The van der Waals surface area contributed by atoms with Crippen LogP contribution in [0.3, 0.4) is 0 Å². The Kier molecular flexibility index (Phi) is 1.93. The lowest BCUT2D eigenvalue weighted by Crippen LogP contribution is -1.98. The monoisotopic (exact) mass is 207 g/mol. The maximum absolute atomic E-state index is 10.8. The molecule has 0 saturated carbocycles. The van der Waals surface area contributed by atoms with Crippen molar-refractivity contribution in [2.24, 2.45) is 0 Å². The van der Waals surface area contributed by atoms with Crippen LogP contribution in [0.5, 0.6) is 0 Å². The molecule has 3 N–H and O–H groups in total. The van der Waals surface area contributed by atoms with Gasteiger partial charge in [-0.3, -0.25) is 0 Å². The molecule has 2 rings (SSSR count). The molecular formula is C10H9NO2S. The standard InChI is InChI=1S/C10H9NO2S/c1-5-2-6-3-9(11)14-8(6)4-7(5)10(12)13/h2-4H,11H2,1H3,(H,12,13). The van der Waals surface area contributed by atoms with E-state index in [1.54, 1.807) is 13.0 Å². The number of thiophene rings is 1. The molecule has 1 aromatic carbocycles. The van der Waals surface area contributed by atoms with Gasteiger partial charge >= 0.3 is 5.97 Å². The molecule has 0 aliphatic rings. The van der Waals surface area contributed by atoms with E-state index in [9.17, 15) is 4.79 Å². The van der Waals surface area contributed by atoms with Crippen LogP contribution in [-0.2, 0) is 0 Å². The van der Waals surface area contributed by atoms with E-state index in [1.807, 2.05) is 12.1 Å². The number of nitrogens with two attached hydrogens (primary N) is 1. The van der Waals surface area contributed by atoms with E-state index in [0.717, 1.165) is 15.6 Å². The predicted octanol–water partition coefficient (Wildman–Crippen LogP) is 2.49. The zero-order valence-electron chi connectivity index (χ0n) is 7.57. The van der Waals surface area contributed by atoms with Gasteiger partial charge in [-0.2, -0.15) is 0 Å². The lowest BCUT2D eigenvalue weighted by molar-refractivity contribution is 0.0696. The third-order valence-electron chi connectivity index (χ3n) is 2.11. The lowest BCUT2D eigenvalue weighted by Gasteiger charge is -1.99. The molecule has 0 spiro atoms. The molecule has 3 nitrogen and oxygen atoms in total. The van der Waals surface area contributed by atoms with Crippen LogP contribution < -0.4 is 5.73 Å². The quantitative estimate of drug-likeness (QED) is 0.755. The topological polar surface area (TPSA) is 63.3 Å². The molecule has 0 unspecified atom stereocenters. The molecule has 4 heteroatoms. The fourth-order valence-electron chi connectivity index (χ4n) is 1.45. The van der Waals surface area contributed by atoms with Gasteiger partial charge in [-0.15, -0.1) is 11.3 Å². The summed E-state index contributed by atoms with van der Waals surface area (Å²) in [6.45, 7) is 1.79. The Labute approximate surface area is 84.8 Å². The SMILES string of the molecule is Cc1cc2cc(N)sc2cc1C(=O)O. The van der Waals surface area contributed by atoms with Gasteiger partial charge in [0.2, 0.25) is 0 Å². The van der Waals surface area contributed by atoms with Crippen LogP contribution in [0.4, 0.5) is 5.00 Å². The van der Waals surface area contributed by atoms with Crippen LogP contribution in [0.25, 0.3) is 10.1 Å². The molecule has 0 atom stereocenters. The number of carboxylic acid groups (broad SMARTS) is 1. The van der Waals surface area contributed by atoms with Crippen molar-refractivity contribution in [3.63, 3.8) is 0 Å². The van der Waals surface area contributed by atoms with E-state index >= 15 is 0 Å². The van der Waals surface area contributed by atoms with E-state index < -0.39 is 5.97 Å². The van der Waals surface area contributed by atoms with Crippen LogP contribution in [0, 0.1) is 6.92 Å². The minimum atomic E-state index is -0.892. The molecule has 0 aliphatic heterocycles. The van der Waals surface area contributed by atoms with Crippen molar-refractivity contribution in [2.75, 3.05) is 5.73 Å². The molecule has 1 aromatic heterocycles. The molecule has 14 heavy (non-hydrogen) atoms. The highest BCUT2D eigenvalue weighted by Gasteiger charge is 2.09. The van der Waals surface area contributed by atoms with E-state index in [-0.39, 0.29) is 0 Å². The molecule has 2 aromatic rings. The summed E-state index contributed by atoms with van der Waals surface area (Å²) in [5.74, 6) is -0.892. The number of hydrogen-bond acceptors (Lipinski definition) is 3. The largest absolute Gasteiger partial charge is 0.478 e. The molecule has 0 bridgehead atoms. The predicted molar refractivity (Wildman–Crippen MR) is 57.9 cm³/mol. The maximum Gasteiger partial charge on any atom is 0.336 e. The normalized spacial score (nSPS) is 10.6. The Hall–Kier alpha value is -1.55. The molecule has 0 fully saturated rings. The summed E-state index contributed by atoms with van der Waals surface area (Å²) in [6, 6.07) is 5.39. The number of nitrogen functional groups attached to an aromatic ring is 1. The first-order chi connectivity index (χ1) is 6.58. The van der Waals surface area contributed by atoms with Crippen molar-refractivity contribution in [1.29, 1.82) is 0 Å². The van der Waals surface area contributed by atoms with Crippen LogP contribution in [0.2, 0.25) is 0 Å². The van der Waals surface area contributed by atoms with Gasteiger partial charge in [-0.25, -0.2) is 4.79 Å². The summed E-state index contributed by atoms with van der Waals surface area (Å²) in [6.07, 6.45) is 0. The second-order valence-electron chi connectivity index (χ2n) is 3.16. The smallest absolute Gasteiger partial charge is 0.336 e. The van der Waals surface area contributed by atoms with Gasteiger partial charge in [0.25, 0.3) is 0 Å². The minimum Gasteiger partial charge on any atom is -0.478 e. The van der Waals surface area contributed by atoms with Gasteiger partial charge in [0.15, 0.2) is 0 Å². The summed E-state index contributed by atoms with van der Waals surface area (Å²) in [7, 11) is 0. The highest BCUT2D eigenvalue weighted by atomic mass is 32.1. The number of hydrogen-bond donors (Lipinski definition) is 2. The molecule has 0 radical (unpaired) electrons. The number of rotatable bonds is 1. The van der Waals surface area contributed by atoms with Crippen LogP contribution in [-0.4, -0.2) is 11.1 Å². The Balaban J connectivity index is 2.76. The minimum absolute atomic E-state index is 0.347. The van der Waals surface area contributed by atoms with Crippen molar-refractivity contribution in [1.82, 2.24) is 0 Å². The summed E-state index contributed by atoms with van der Waals surface area (Å²) >= 11 is 1.41. The first-order valence-corrected chi connectivity index (χ1v) is 4.92. The Bertz CT molecular complexity index is 516. The molecule has 72 valence electrons. The van der Waals surface area contributed by atoms with Gasteiger partial charge < -0.3 is 10.8 Å². The zero-order chi connectivity index (χ0) is 10.3. The van der Waals surface area contributed by atoms with E-state index in [1.165, 1.54) is 11.3 Å². The summed E-state index contributed by atoms with van der Waals surface area (Å²) in [5.41, 5.74) is 6.75. The van der Waals surface area contributed by atoms with E-state index in [4.69, 9.17) is 10.8 Å². The average molecular weight is 207 g/mol. The van der Waals surface area contributed by atoms with Crippen molar-refractivity contribution in [3.05, 3.63) is 29.3 Å². The maximum atomic E-state index is 10.8. The number of carboxylic acids is 1. The molecule has 0 aliphatic carbocycles. The number of benzene rings is 1. The van der Waals surface area contributed by atoms with Crippen molar-refractivity contribution in [3.8, 4) is 0 Å². The summed E-state index contributed by atoms with van der Waals surface area (Å²) < 4.78 is 0.922. The lowest BCUT2D eigenvalue weighted by atomic mass is 10.1.